The third-order valence-corrected chi connectivity index (χ3v) is 5.91. The predicted octanol–water partition coefficient (Wildman–Crippen LogP) is 3.41. The van der Waals surface area contributed by atoms with Gasteiger partial charge < -0.3 is 19.5 Å². The monoisotopic (exact) mass is 419 g/mol. The van der Waals surface area contributed by atoms with E-state index in [-0.39, 0.29) is 18.7 Å². The van der Waals surface area contributed by atoms with E-state index in [1.807, 2.05) is 47.3 Å². The number of methoxy groups -OCH3 is 1. The molecule has 5 rings (SSSR count). The van der Waals surface area contributed by atoms with Gasteiger partial charge in [0.25, 0.3) is 0 Å². The second-order valence-corrected chi connectivity index (χ2v) is 7.89. The van der Waals surface area contributed by atoms with Gasteiger partial charge >= 0.3 is 0 Å². The molecule has 0 bridgehead atoms. The molecule has 2 aliphatic rings. The highest BCUT2D eigenvalue weighted by molar-refractivity contribution is 5.79. The largest absolute Gasteiger partial charge is 0.496 e. The van der Waals surface area contributed by atoms with Gasteiger partial charge in [-0.1, -0.05) is 24.3 Å². The van der Waals surface area contributed by atoms with Crippen LogP contribution in [-0.2, 0) is 24.2 Å². The highest BCUT2D eigenvalue weighted by Crippen LogP contribution is 2.33. The van der Waals surface area contributed by atoms with E-state index in [9.17, 15) is 4.79 Å². The summed E-state index contributed by atoms with van der Waals surface area (Å²) in [6, 6.07) is 13.6. The molecule has 2 aromatic carbocycles. The zero-order valence-electron chi connectivity index (χ0n) is 17.5. The molecule has 3 aromatic rings. The summed E-state index contributed by atoms with van der Waals surface area (Å²) in [5, 5.41) is 7.83. The minimum Gasteiger partial charge on any atom is -0.496 e. The number of rotatable bonds is 6. The highest BCUT2D eigenvalue weighted by Gasteiger charge is 2.26. The van der Waals surface area contributed by atoms with Crippen LogP contribution in [0.4, 0.5) is 0 Å². The molecular weight excluding hydrogens is 394 g/mol. The lowest BCUT2D eigenvalue weighted by Crippen LogP contribution is -2.32. The van der Waals surface area contributed by atoms with E-state index in [1.54, 1.807) is 7.11 Å². The first-order chi connectivity index (χ1) is 15.2. The zero-order chi connectivity index (χ0) is 21.2. The maximum atomic E-state index is 12.7. The van der Waals surface area contributed by atoms with Crippen molar-refractivity contribution in [2.75, 3.05) is 13.9 Å². The zero-order valence-corrected chi connectivity index (χ0v) is 17.5. The van der Waals surface area contributed by atoms with Gasteiger partial charge in [0.1, 0.15) is 5.75 Å². The number of nitrogens with zero attached hydrogens (tertiary/aromatic N) is 2. The molecule has 0 fully saturated rings. The Bertz CT molecular complexity index is 1110. The van der Waals surface area contributed by atoms with Gasteiger partial charge in [-0.15, -0.1) is 0 Å². The van der Waals surface area contributed by atoms with Gasteiger partial charge in [0.05, 0.1) is 32.3 Å². The summed E-state index contributed by atoms with van der Waals surface area (Å²) in [6.07, 6.45) is 5.09. The molecule has 1 aliphatic carbocycles. The second-order valence-electron chi connectivity index (χ2n) is 7.89. The molecule has 1 aromatic heterocycles. The van der Waals surface area contributed by atoms with Crippen LogP contribution in [-0.4, -0.2) is 29.6 Å². The topological polar surface area (TPSA) is 74.6 Å². The fraction of sp³-hybridized carbons (Fsp3) is 0.333. The summed E-state index contributed by atoms with van der Waals surface area (Å²) < 4.78 is 18.3. The van der Waals surface area contributed by atoms with Crippen LogP contribution in [0.25, 0.3) is 0 Å². The van der Waals surface area contributed by atoms with Crippen LogP contribution < -0.4 is 19.5 Å². The smallest absolute Gasteiger partial charge is 0.231 e. The molecule has 31 heavy (non-hydrogen) atoms. The van der Waals surface area contributed by atoms with Crippen molar-refractivity contribution in [3.8, 4) is 17.2 Å². The summed E-state index contributed by atoms with van der Waals surface area (Å²) in [5.74, 6) is 2.27. The Hall–Kier alpha value is -3.48. The molecule has 1 atom stereocenters. The van der Waals surface area contributed by atoms with Crippen molar-refractivity contribution in [2.24, 2.45) is 0 Å². The van der Waals surface area contributed by atoms with Crippen LogP contribution in [0.1, 0.15) is 41.3 Å². The molecule has 2 heterocycles. The Kier molecular flexibility index (Phi) is 5.24. The fourth-order valence-electron chi connectivity index (χ4n) is 4.38. The number of aromatic nitrogens is 2. The first kappa shape index (κ1) is 19.5. The summed E-state index contributed by atoms with van der Waals surface area (Å²) in [5.41, 5.74) is 4.29. The van der Waals surface area contributed by atoms with E-state index in [2.05, 4.69) is 16.5 Å². The molecule has 0 radical (unpaired) electrons. The number of nitrogens with one attached hydrogen (secondary N) is 1. The highest BCUT2D eigenvalue weighted by atomic mass is 16.7. The number of para-hydroxylation sites is 1. The number of fused-ring (bicyclic) bond motifs is 2. The van der Waals surface area contributed by atoms with Gasteiger partial charge in [-0.05, 0) is 43.0 Å². The maximum absolute atomic E-state index is 12.7. The van der Waals surface area contributed by atoms with Gasteiger partial charge in [0.2, 0.25) is 12.7 Å². The van der Waals surface area contributed by atoms with Crippen molar-refractivity contribution >= 4 is 5.91 Å². The minimum atomic E-state index is -0.0170. The molecule has 1 amide bonds. The van der Waals surface area contributed by atoms with Crippen LogP contribution in [0.2, 0.25) is 0 Å². The molecule has 1 aliphatic heterocycles. The van der Waals surface area contributed by atoms with Crippen LogP contribution in [0.3, 0.4) is 0 Å². The van der Waals surface area contributed by atoms with Crippen LogP contribution in [0, 0.1) is 0 Å². The molecule has 0 spiro atoms. The number of amides is 1. The minimum absolute atomic E-state index is 0.00538. The van der Waals surface area contributed by atoms with Crippen molar-refractivity contribution in [1.82, 2.24) is 15.1 Å². The first-order valence-electron chi connectivity index (χ1n) is 10.6. The Balaban J connectivity index is 1.29. The third-order valence-electron chi connectivity index (χ3n) is 5.91. The normalized spacial score (nSPS) is 16.6. The maximum Gasteiger partial charge on any atom is 0.231 e. The van der Waals surface area contributed by atoms with E-state index in [1.165, 1.54) is 5.69 Å². The molecule has 7 heteroatoms. The SMILES string of the molecule is COc1ccccc1Cn1ncc2c1CCCC2NC(=O)Cc1ccc2c(c1)OCO2. The van der Waals surface area contributed by atoms with Gasteiger partial charge in [-0.3, -0.25) is 9.48 Å². The van der Waals surface area contributed by atoms with Crippen LogP contribution >= 0.6 is 0 Å². The summed E-state index contributed by atoms with van der Waals surface area (Å²) in [4.78, 5) is 12.7. The van der Waals surface area contributed by atoms with Crippen molar-refractivity contribution in [3.63, 3.8) is 0 Å². The molecule has 1 unspecified atom stereocenters. The average molecular weight is 419 g/mol. The fourth-order valence-corrected chi connectivity index (χ4v) is 4.38. The quantitative estimate of drug-likeness (QED) is 0.663. The van der Waals surface area contributed by atoms with Gasteiger partial charge in [0, 0.05) is 16.8 Å². The number of ether oxygens (including phenoxy) is 3. The van der Waals surface area contributed by atoms with E-state index >= 15 is 0 Å². The lowest BCUT2D eigenvalue weighted by molar-refractivity contribution is -0.121. The summed E-state index contributed by atoms with van der Waals surface area (Å²) in [6.45, 7) is 0.881. The Morgan fingerprint density at radius 3 is 3.00 bits per heavy atom. The Labute approximate surface area is 180 Å². The molecule has 1 N–H and O–H groups in total. The lowest BCUT2D eigenvalue weighted by Gasteiger charge is -2.24. The Morgan fingerprint density at radius 2 is 2.10 bits per heavy atom. The molecular formula is C24H25N3O4. The number of carbonyl (C=O) groups excluding carboxylic acids is 1. The summed E-state index contributed by atoms with van der Waals surface area (Å²) >= 11 is 0. The summed E-state index contributed by atoms with van der Waals surface area (Å²) in [7, 11) is 1.68. The van der Waals surface area contributed by atoms with Crippen molar-refractivity contribution in [2.45, 2.75) is 38.3 Å². The standard InChI is InChI=1S/C24H25N3O4/c1-29-21-8-3-2-5-17(21)14-27-20-7-4-6-19(18(20)13-25-27)26-24(28)12-16-9-10-22-23(11-16)31-15-30-22/h2-3,5,8-11,13,19H,4,6-7,12,14-15H2,1H3,(H,26,28). The van der Waals surface area contributed by atoms with Gasteiger partial charge in [-0.2, -0.15) is 5.10 Å². The van der Waals surface area contributed by atoms with Crippen molar-refractivity contribution in [1.29, 1.82) is 0 Å². The number of hydrogen-bond acceptors (Lipinski definition) is 5. The number of benzene rings is 2. The number of hydrogen-bond donors (Lipinski definition) is 1. The average Bonchev–Trinajstić information content (AvgIpc) is 3.41. The molecule has 7 nitrogen and oxygen atoms in total. The van der Waals surface area contributed by atoms with Crippen LogP contribution in [0.15, 0.2) is 48.7 Å². The molecule has 0 saturated heterocycles. The predicted molar refractivity (Wildman–Crippen MR) is 114 cm³/mol. The molecule has 160 valence electrons. The van der Waals surface area contributed by atoms with E-state index < -0.39 is 0 Å². The lowest BCUT2D eigenvalue weighted by atomic mass is 9.92. The molecule has 0 saturated carbocycles. The Morgan fingerprint density at radius 1 is 1.23 bits per heavy atom. The first-order valence-corrected chi connectivity index (χ1v) is 10.6. The third kappa shape index (κ3) is 3.95. The second kappa shape index (κ2) is 8.34. The van der Waals surface area contributed by atoms with E-state index in [0.717, 1.165) is 47.5 Å². The van der Waals surface area contributed by atoms with Crippen LogP contribution in [0.5, 0.6) is 17.2 Å². The van der Waals surface area contributed by atoms with E-state index in [4.69, 9.17) is 14.2 Å². The van der Waals surface area contributed by atoms with Crippen molar-refractivity contribution in [3.05, 3.63) is 71.0 Å². The van der Waals surface area contributed by atoms with Gasteiger partial charge in [-0.25, -0.2) is 0 Å². The van der Waals surface area contributed by atoms with Gasteiger partial charge in [0.15, 0.2) is 11.5 Å². The van der Waals surface area contributed by atoms with E-state index in [0.29, 0.717) is 18.7 Å². The van der Waals surface area contributed by atoms with Crippen molar-refractivity contribution < 1.29 is 19.0 Å². The number of carbonyl (C=O) groups is 1.